The number of ether oxygens (including phenoxy) is 3. The molecule has 9 heteroatoms. The normalized spacial score (nSPS) is 10.5. The second kappa shape index (κ2) is 7.91. The van der Waals surface area contributed by atoms with Crippen molar-refractivity contribution in [2.75, 3.05) is 26.6 Å². The second-order valence-electron chi connectivity index (χ2n) is 4.69. The molecule has 0 amide bonds. The van der Waals surface area contributed by atoms with Gasteiger partial charge in [0, 0.05) is 12.6 Å². The number of methoxy groups -OCH3 is 2. The summed E-state index contributed by atoms with van der Waals surface area (Å²) in [7, 11) is 4.87. The van der Waals surface area contributed by atoms with Gasteiger partial charge in [0.2, 0.25) is 5.75 Å². The Balaban J connectivity index is 2.43. The van der Waals surface area contributed by atoms with Gasteiger partial charge in [-0.3, -0.25) is 4.79 Å². The van der Waals surface area contributed by atoms with Gasteiger partial charge in [0.1, 0.15) is 0 Å². The van der Waals surface area contributed by atoms with E-state index in [1.54, 1.807) is 38.0 Å². The summed E-state index contributed by atoms with van der Waals surface area (Å²) in [6.07, 6.45) is 0. The van der Waals surface area contributed by atoms with Crippen LogP contribution in [0.1, 0.15) is 6.92 Å². The minimum Gasteiger partial charge on any atom is -0.493 e. The molecule has 0 aliphatic rings. The Morgan fingerprint density at radius 2 is 1.88 bits per heavy atom. The number of rotatable bonds is 8. The molecule has 1 heterocycles. The van der Waals surface area contributed by atoms with Crippen molar-refractivity contribution in [2.45, 2.75) is 12.1 Å². The van der Waals surface area contributed by atoms with Gasteiger partial charge >= 0.3 is 5.97 Å². The standard InChI is InChI=1S/C15H19N3O5S/c1-5-23-13-10(21-3)6-9(7-11(13)22-4)14-16-17-15(18(14)2)24-8-12(19)20/h6-7H,5,8H2,1-4H3,(H,19,20). The van der Waals surface area contributed by atoms with Crippen LogP contribution in [-0.4, -0.2) is 52.4 Å². The molecule has 1 N–H and O–H groups in total. The molecule has 0 fully saturated rings. The van der Waals surface area contributed by atoms with Crippen molar-refractivity contribution in [1.82, 2.24) is 14.8 Å². The fourth-order valence-electron chi connectivity index (χ4n) is 2.11. The van der Waals surface area contributed by atoms with Gasteiger partial charge in [0.25, 0.3) is 0 Å². The van der Waals surface area contributed by atoms with Crippen molar-refractivity contribution in [2.24, 2.45) is 7.05 Å². The predicted molar refractivity (Wildman–Crippen MR) is 89.1 cm³/mol. The van der Waals surface area contributed by atoms with Gasteiger partial charge in [-0.2, -0.15) is 0 Å². The van der Waals surface area contributed by atoms with E-state index in [1.165, 1.54) is 0 Å². The number of carboxylic acids is 1. The smallest absolute Gasteiger partial charge is 0.313 e. The van der Waals surface area contributed by atoms with Crippen molar-refractivity contribution < 1.29 is 24.1 Å². The molecule has 1 aromatic heterocycles. The Hall–Kier alpha value is -2.42. The van der Waals surface area contributed by atoms with Crippen LogP contribution in [0.4, 0.5) is 0 Å². The number of benzene rings is 1. The fraction of sp³-hybridized carbons (Fsp3) is 0.400. The Kier molecular flexibility index (Phi) is 5.91. The predicted octanol–water partition coefficient (Wildman–Crippen LogP) is 2.07. The monoisotopic (exact) mass is 353 g/mol. The van der Waals surface area contributed by atoms with Crippen LogP contribution in [0.3, 0.4) is 0 Å². The molecule has 1 aromatic carbocycles. The van der Waals surface area contributed by atoms with Crippen molar-refractivity contribution in [3.05, 3.63) is 12.1 Å². The largest absolute Gasteiger partial charge is 0.493 e. The summed E-state index contributed by atoms with van der Waals surface area (Å²) in [5, 5.41) is 17.5. The fourth-order valence-corrected chi connectivity index (χ4v) is 2.75. The quantitative estimate of drug-likeness (QED) is 0.721. The van der Waals surface area contributed by atoms with Crippen LogP contribution < -0.4 is 14.2 Å². The van der Waals surface area contributed by atoms with Crippen LogP contribution in [0.25, 0.3) is 11.4 Å². The molecule has 2 rings (SSSR count). The number of hydrogen-bond acceptors (Lipinski definition) is 7. The summed E-state index contributed by atoms with van der Waals surface area (Å²) in [5.41, 5.74) is 0.726. The van der Waals surface area contributed by atoms with Crippen LogP contribution in [0.5, 0.6) is 17.2 Å². The van der Waals surface area contributed by atoms with E-state index in [0.717, 1.165) is 17.3 Å². The molecule has 0 saturated carbocycles. The molecule has 0 aliphatic heterocycles. The third kappa shape index (κ3) is 3.73. The van der Waals surface area contributed by atoms with E-state index in [-0.39, 0.29) is 5.75 Å². The topological polar surface area (TPSA) is 95.7 Å². The molecular weight excluding hydrogens is 334 g/mol. The molecule has 0 unspecified atom stereocenters. The maximum absolute atomic E-state index is 10.7. The van der Waals surface area contributed by atoms with Crippen LogP contribution in [-0.2, 0) is 11.8 Å². The number of thioether (sulfide) groups is 1. The number of carbonyl (C=O) groups is 1. The second-order valence-corrected chi connectivity index (χ2v) is 5.63. The lowest BCUT2D eigenvalue weighted by Gasteiger charge is -2.15. The molecule has 24 heavy (non-hydrogen) atoms. The number of hydrogen-bond donors (Lipinski definition) is 1. The number of aromatic nitrogens is 3. The Labute approximate surface area is 143 Å². The maximum atomic E-state index is 10.7. The average Bonchev–Trinajstić information content (AvgIpc) is 2.94. The lowest BCUT2D eigenvalue weighted by molar-refractivity contribution is -0.133. The zero-order valence-electron chi connectivity index (χ0n) is 13.9. The molecular formula is C15H19N3O5S. The minimum atomic E-state index is -0.908. The van der Waals surface area contributed by atoms with Crippen LogP contribution in [0, 0.1) is 0 Å². The zero-order valence-corrected chi connectivity index (χ0v) is 14.7. The number of aliphatic carboxylic acids is 1. The molecule has 0 aliphatic carbocycles. The molecule has 8 nitrogen and oxygen atoms in total. The highest BCUT2D eigenvalue weighted by Gasteiger charge is 2.19. The Morgan fingerprint density at radius 1 is 1.25 bits per heavy atom. The van der Waals surface area contributed by atoms with Crippen molar-refractivity contribution in [1.29, 1.82) is 0 Å². The summed E-state index contributed by atoms with van der Waals surface area (Å²) < 4.78 is 18.1. The first kappa shape index (κ1) is 17.9. The molecule has 0 bridgehead atoms. The molecule has 2 aromatic rings. The van der Waals surface area contributed by atoms with Gasteiger partial charge in [-0.05, 0) is 19.1 Å². The van der Waals surface area contributed by atoms with Gasteiger partial charge < -0.3 is 23.9 Å². The third-order valence-corrected chi connectivity index (χ3v) is 4.17. The lowest BCUT2D eigenvalue weighted by Crippen LogP contribution is -2.02. The third-order valence-electron chi connectivity index (χ3n) is 3.17. The number of carboxylic acid groups (broad SMARTS) is 1. The Bertz CT molecular complexity index is 707. The first-order valence-corrected chi connectivity index (χ1v) is 8.13. The van der Waals surface area contributed by atoms with Crippen LogP contribution >= 0.6 is 11.8 Å². The highest BCUT2D eigenvalue weighted by molar-refractivity contribution is 7.99. The van der Waals surface area contributed by atoms with E-state index >= 15 is 0 Å². The van der Waals surface area contributed by atoms with Crippen molar-refractivity contribution in [3.63, 3.8) is 0 Å². The molecule has 130 valence electrons. The van der Waals surface area contributed by atoms with E-state index < -0.39 is 5.97 Å². The van der Waals surface area contributed by atoms with E-state index in [2.05, 4.69) is 10.2 Å². The van der Waals surface area contributed by atoms with Crippen molar-refractivity contribution >= 4 is 17.7 Å². The van der Waals surface area contributed by atoms with Gasteiger partial charge in [-0.25, -0.2) is 0 Å². The summed E-state index contributed by atoms with van der Waals surface area (Å²) in [6, 6.07) is 3.56. The van der Waals surface area contributed by atoms with Gasteiger partial charge in [-0.1, -0.05) is 11.8 Å². The Morgan fingerprint density at radius 3 is 2.38 bits per heavy atom. The van der Waals surface area contributed by atoms with Gasteiger partial charge in [-0.15, -0.1) is 10.2 Å². The highest BCUT2D eigenvalue weighted by Crippen LogP contribution is 2.41. The molecule has 0 saturated heterocycles. The minimum absolute atomic E-state index is 0.0815. The summed E-state index contributed by atoms with van der Waals surface area (Å²) in [5.74, 6) is 1.15. The maximum Gasteiger partial charge on any atom is 0.313 e. The van der Waals surface area contributed by atoms with E-state index in [4.69, 9.17) is 19.3 Å². The van der Waals surface area contributed by atoms with E-state index in [0.29, 0.717) is 34.8 Å². The SMILES string of the molecule is CCOc1c(OC)cc(-c2nnc(SCC(=O)O)n2C)cc1OC. The molecule has 0 spiro atoms. The summed E-state index contributed by atoms with van der Waals surface area (Å²) >= 11 is 1.10. The average molecular weight is 353 g/mol. The van der Waals surface area contributed by atoms with E-state index in [1.807, 2.05) is 6.92 Å². The number of nitrogens with zero attached hydrogens (tertiary/aromatic N) is 3. The van der Waals surface area contributed by atoms with Crippen LogP contribution in [0.2, 0.25) is 0 Å². The first-order valence-electron chi connectivity index (χ1n) is 7.15. The summed E-state index contributed by atoms with van der Waals surface area (Å²) in [6.45, 7) is 2.35. The highest BCUT2D eigenvalue weighted by atomic mass is 32.2. The van der Waals surface area contributed by atoms with Crippen LogP contribution in [0.15, 0.2) is 17.3 Å². The first-order chi connectivity index (χ1) is 11.5. The van der Waals surface area contributed by atoms with Gasteiger partial charge in [0.15, 0.2) is 22.5 Å². The molecule has 0 radical (unpaired) electrons. The molecule has 0 atom stereocenters. The van der Waals surface area contributed by atoms with E-state index in [9.17, 15) is 4.79 Å². The van der Waals surface area contributed by atoms with Gasteiger partial charge in [0.05, 0.1) is 26.6 Å². The zero-order chi connectivity index (χ0) is 17.7. The van der Waals surface area contributed by atoms with Crippen molar-refractivity contribution in [3.8, 4) is 28.6 Å². The summed E-state index contributed by atoms with van der Waals surface area (Å²) in [4.78, 5) is 10.7. The lowest BCUT2D eigenvalue weighted by atomic mass is 10.1.